The number of aliphatic hydroxyl groups is 1. The topological polar surface area (TPSA) is 66.6 Å². The molecule has 1 amide bonds. The minimum absolute atomic E-state index is 0.0670. The lowest BCUT2D eigenvalue weighted by atomic mass is 10.0. The normalized spacial score (nSPS) is 22.4. The average molecular weight is 228 g/mol. The van der Waals surface area contributed by atoms with Gasteiger partial charge in [0.05, 0.1) is 12.6 Å². The van der Waals surface area contributed by atoms with Crippen molar-refractivity contribution in [2.75, 3.05) is 19.7 Å². The Labute approximate surface area is 97.8 Å². The van der Waals surface area contributed by atoms with E-state index in [1.165, 1.54) is 0 Å². The first-order chi connectivity index (χ1) is 7.69. The van der Waals surface area contributed by atoms with Crippen LogP contribution in [0.15, 0.2) is 0 Å². The number of nitrogens with zero attached hydrogens (tertiary/aromatic N) is 1. The largest absolute Gasteiger partial charge is 0.394 e. The van der Waals surface area contributed by atoms with E-state index in [9.17, 15) is 4.79 Å². The third-order valence-corrected chi connectivity index (χ3v) is 3.42. The van der Waals surface area contributed by atoms with Gasteiger partial charge in [0.25, 0.3) is 0 Å². The standard InChI is InChI=1S/C12H24N2O2/c1-10(6-7-13)4-5-12(16)14-8-2-3-11(14)9-15/h10-11,15H,2-9,13H2,1H3/t10?,11-/m0/s1. The molecule has 0 aromatic rings. The molecule has 0 aliphatic carbocycles. The Morgan fingerprint density at radius 2 is 2.31 bits per heavy atom. The third-order valence-electron chi connectivity index (χ3n) is 3.42. The molecule has 16 heavy (non-hydrogen) atoms. The highest BCUT2D eigenvalue weighted by Gasteiger charge is 2.27. The number of amides is 1. The van der Waals surface area contributed by atoms with Crippen LogP contribution in [0, 0.1) is 5.92 Å². The fourth-order valence-corrected chi connectivity index (χ4v) is 2.30. The molecule has 1 rings (SSSR count). The fourth-order valence-electron chi connectivity index (χ4n) is 2.30. The van der Waals surface area contributed by atoms with Crippen molar-refractivity contribution in [3.8, 4) is 0 Å². The summed E-state index contributed by atoms with van der Waals surface area (Å²) in [5.74, 6) is 0.713. The van der Waals surface area contributed by atoms with Gasteiger partial charge in [-0.05, 0) is 38.1 Å². The summed E-state index contributed by atoms with van der Waals surface area (Å²) in [6, 6.07) is 0.0670. The Bertz CT molecular complexity index is 221. The Morgan fingerprint density at radius 1 is 1.56 bits per heavy atom. The van der Waals surface area contributed by atoms with Crippen LogP contribution in [-0.4, -0.2) is 41.7 Å². The highest BCUT2D eigenvalue weighted by molar-refractivity contribution is 5.76. The van der Waals surface area contributed by atoms with Gasteiger partial charge in [-0.3, -0.25) is 4.79 Å². The number of hydrogen-bond donors (Lipinski definition) is 2. The maximum Gasteiger partial charge on any atom is 0.222 e. The maximum absolute atomic E-state index is 11.9. The molecule has 0 saturated carbocycles. The SMILES string of the molecule is CC(CCN)CCC(=O)N1CCC[C@H]1CO. The van der Waals surface area contributed by atoms with E-state index in [0.717, 1.165) is 32.2 Å². The molecule has 1 fully saturated rings. The lowest BCUT2D eigenvalue weighted by Crippen LogP contribution is -2.37. The number of carbonyl (C=O) groups excluding carboxylic acids is 1. The minimum Gasteiger partial charge on any atom is -0.394 e. The summed E-state index contributed by atoms with van der Waals surface area (Å²) < 4.78 is 0. The first kappa shape index (κ1) is 13.5. The Kier molecular flexibility index (Phi) is 5.77. The van der Waals surface area contributed by atoms with Crippen molar-refractivity contribution in [3.63, 3.8) is 0 Å². The molecule has 0 radical (unpaired) electrons. The molecule has 0 aromatic carbocycles. The Balaban J connectivity index is 2.29. The molecule has 94 valence electrons. The first-order valence-electron chi connectivity index (χ1n) is 6.29. The lowest BCUT2D eigenvalue weighted by molar-refractivity contribution is -0.133. The molecule has 0 bridgehead atoms. The van der Waals surface area contributed by atoms with Crippen molar-refractivity contribution < 1.29 is 9.90 Å². The van der Waals surface area contributed by atoms with Gasteiger partial charge in [-0.25, -0.2) is 0 Å². The molecule has 3 N–H and O–H groups in total. The van der Waals surface area contributed by atoms with Crippen LogP contribution in [0.3, 0.4) is 0 Å². The second-order valence-electron chi connectivity index (χ2n) is 4.79. The number of likely N-dealkylation sites (tertiary alicyclic amines) is 1. The lowest BCUT2D eigenvalue weighted by Gasteiger charge is -2.23. The molecule has 2 atom stereocenters. The zero-order chi connectivity index (χ0) is 12.0. The van der Waals surface area contributed by atoms with Gasteiger partial charge in [0.15, 0.2) is 0 Å². The number of rotatable bonds is 6. The van der Waals surface area contributed by atoms with E-state index in [1.54, 1.807) is 0 Å². The summed E-state index contributed by atoms with van der Waals surface area (Å²) >= 11 is 0. The third kappa shape index (κ3) is 3.76. The van der Waals surface area contributed by atoms with Crippen LogP contribution in [0.25, 0.3) is 0 Å². The molecular formula is C12H24N2O2. The van der Waals surface area contributed by atoms with Crippen LogP contribution in [0.1, 0.15) is 39.0 Å². The highest BCUT2D eigenvalue weighted by atomic mass is 16.3. The second kappa shape index (κ2) is 6.86. The van der Waals surface area contributed by atoms with Gasteiger partial charge in [0.2, 0.25) is 5.91 Å². The van der Waals surface area contributed by atoms with E-state index < -0.39 is 0 Å². The maximum atomic E-state index is 11.9. The van der Waals surface area contributed by atoms with Gasteiger partial charge in [-0.2, -0.15) is 0 Å². The number of carbonyl (C=O) groups is 1. The zero-order valence-electron chi connectivity index (χ0n) is 10.2. The molecule has 0 spiro atoms. The Morgan fingerprint density at radius 3 is 2.94 bits per heavy atom. The molecule has 0 aromatic heterocycles. The van der Waals surface area contributed by atoms with Crippen LogP contribution >= 0.6 is 0 Å². The number of aliphatic hydroxyl groups excluding tert-OH is 1. The van der Waals surface area contributed by atoms with E-state index >= 15 is 0 Å². The smallest absolute Gasteiger partial charge is 0.222 e. The molecule has 1 saturated heterocycles. The summed E-state index contributed by atoms with van der Waals surface area (Å²) in [4.78, 5) is 13.7. The zero-order valence-corrected chi connectivity index (χ0v) is 10.2. The summed E-state index contributed by atoms with van der Waals surface area (Å²) in [6.07, 6.45) is 4.45. The van der Waals surface area contributed by atoms with Gasteiger partial charge in [-0.1, -0.05) is 6.92 Å². The van der Waals surface area contributed by atoms with Crippen LogP contribution in [0.5, 0.6) is 0 Å². The average Bonchev–Trinajstić information content (AvgIpc) is 2.74. The van der Waals surface area contributed by atoms with Crippen LogP contribution < -0.4 is 5.73 Å². The summed E-state index contributed by atoms with van der Waals surface area (Å²) in [6.45, 7) is 3.74. The van der Waals surface area contributed by atoms with E-state index in [0.29, 0.717) is 18.9 Å². The van der Waals surface area contributed by atoms with E-state index in [2.05, 4.69) is 6.92 Å². The minimum atomic E-state index is 0.0670. The van der Waals surface area contributed by atoms with E-state index in [-0.39, 0.29) is 18.6 Å². The fraction of sp³-hybridized carbons (Fsp3) is 0.917. The van der Waals surface area contributed by atoms with E-state index in [4.69, 9.17) is 10.8 Å². The monoisotopic (exact) mass is 228 g/mol. The predicted octanol–water partition coefficient (Wildman–Crippen LogP) is 0.735. The van der Waals surface area contributed by atoms with Crippen molar-refractivity contribution in [3.05, 3.63) is 0 Å². The van der Waals surface area contributed by atoms with Gasteiger partial charge in [-0.15, -0.1) is 0 Å². The van der Waals surface area contributed by atoms with Crippen LogP contribution in [0.2, 0.25) is 0 Å². The summed E-state index contributed by atoms with van der Waals surface area (Å²) in [5, 5.41) is 9.14. The van der Waals surface area contributed by atoms with E-state index in [1.807, 2.05) is 4.90 Å². The molecule has 4 heteroatoms. The van der Waals surface area contributed by atoms with Crippen molar-refractivity contribution in [1.82, 2.24) is 4.90 Å². The molecule has 1 unspecified atom stereocenters. The number of nitrogens with two attached hydrogens (primary N) is 1. The Hall–Kier alpha value is -0.610. The van der Waals surface area contributed by atoms with Gasteiger partial charge in [0, 0.05) is 13.0 Å². The molecular weight excluding hydrogens is 204 g/mol. The first-order valence-corrected chi connectivity index (χ1v) is 6.29. The van der Waals surface area contributed by atoms with Crippen molar-refractivity contribution in [2.45, 2.75) is 45.1 Å². The molecule has 1 heterocycles. The van der Waals surface area contributed by atoms with Crippen molar-refractivity contribution in [2.24, 2.45) is 11.7 Å². The number of hydrogen-bond acceptors (Lipinski definition) is 3. The van der Waals surface area contributed by atoms with Crippen LogP contribution in [0.4, 0.5) is 0 Å². The highest BCUT2D eigenvalue weighted by Crippen LogP contribution is 2.19. The summed E-state index contributed by atoms with van der Waals surface area (Å²) in [5.41, 5.74) is 5.47. The summed E-state index contributed by atoms with van der Waals surface area (Å²) in [7, 11) is 0. The van der Waals surface area contributed by atoms with Crippen molar-refractivity contribution >= 4 is 5.91 Å². The molecule has 1 aliphatic heterocycles. The van der Waals surface area contributed by atoms with Gasteiger partial charge < -0.3 is 15.7 Å². The second-order valence-corrected chi connectivity index (χ2v) is 4.79. The molecule has 4 nitrogen and oxygen atoms in total. The quantitative estimate of drug-likeness (QED) is 0.704. The van der Waals surface area contributed by atoms with Gasteiger partial charge in [0.1, 0.15) is 0 Å². The predicted molar refractivity (Wildman–Crippen MR) is 63.9 cm³/mol. The van der Waals surface area contributed by atoms with Crippen LogP contribution in [-0.2, 0) is 4.79 Å². The molecule has 1 aliphatic rings. The van der Waals surface area contributed by atoms with Crippen molar-refractivity contribution in [1.29, 1.82) is 0 Å². The van der Waals surface area contributed by atoms with Gasteiger partial charge >= 0.3 is 0 Å².